The van der Waals surface area contributed by atoms with E-state index in [-0.39, 0.29) is 0 Å². The van der Waals surface area contributed by atoms with Crippen molar-refractivity contribution < 1.29 is 0 Å². The molecule has 1 aromatic carbocycles. The van der Waals surface area contributed by atoms with E-state index in [4.69, 9.17) is 0 Å². The van der Waals surface area contributed by atoms with Gasteiger partial charge in [-0.2, -0.15) is 0 Å². The molecular weight excluding hydrogens is 384 g/mol. The van der Waals surface area contributed by atoms with Gasteiger partial charge in [-0.25, -0.2) is 0 Å². The maximum absolute atomic E-state index is 3.61. The standard InChI is InChI=1S/C16H16Br2S/c1-11(2)12(10-17)9-13-7-8-16(19-13)14-5-3-4-6-15(14)18/h3-9,11H,10H2,1-2H3. The van der Waals surface area contributed by atoms with E-state index in [1.165, 1.54) is 20.9 Å². The Hall–Kier alpha value is -0.380. The molecule has 0 aliphatic rings. The first kappa shape index (κ1) is 15.0. The van der Waals surface area contributed by atoms with Gasteiger partial charge < -0.3 is 0 Å². The Morgan fingerprint density at radius 2 is 1.95 bits per heavy atom. The first-order valence-electron chi connectivity index (χ1n) is 6.23. The maximum atomic E-state index is 3.61. The molecule has 1 aromatic heterocycles. The zero-order valence-electron chi connectivity index (χ0n) is 11.0. The Morgan fingerprint density at radius 1 is 1.21 bits per heavy atom. The highest BCUT2D eigenvalue weighted by molar-refractivity contribution is 9.10. The molecule has 1 heterocycles. The number of halogens is 2. The van der Waals surface area contributed by atoms with Crippen molar-refractivity contribution in [2.75, 3.05) is 5.33 Å². The summed E-state index contributed by atoms with van der Waals surface area (Å²) < 4.78 is 1.15. The summed E-state index contributed by atoms with van der Waals surface area (Å²) in [6.07, 6.45) is 2.30. The zero-order valence-corrected chi connectivity index (χ0v) is 15.0. The SMILES string of the molecule is CC(C)C(=Cc1ccc(-c2ccccc2Br)s1)CBr. The van der Waals surface area contributed by atoms with Crippen LogP contribution >= 0.6 is 43.2 Å². The smallest absolute Gasteiger partial charge is 0.0360 e. The second kappa shape index (κ2) is 6.87. The van der Waals surface area contributed by atoms with Gasteiger partial charge in [0.25, 0.3) is 0 Å². The molecule has 0 saturated carbocycles. The van der Waals surface area contributed by atoms with Crippen molar-refractivity contribution in [3.63, 3.8) is 0 Å². The Balaban J connectivity index is 2.32. The highest BCUT2D eigenvalue weighted by Crippen LogP contribution is 2.34. The van der Waals surface area contributed by atoms with Crippen molar-refractivity contribution in [3.05, 3.63) is 51.3 Å². The third-order valence-corrected chi connectivity index (χ3v) is 5.39. The highest BCUT2D eigenvalue weighted by Gasteiger charge is 2.07. The van der Waals surface area contributed by atoms with Gasteiger partial charge in [-0.3, -0.25) is 0 Å². The van der Waals surface area contributed by atoms with E-state index in [1.54, 1.807) is 0 Å². The van der Waals surface area contributed by atoms with Crippen LogP contribution in [0.25, 0.3) is 16.5 Å². The van der Waals surface area contributed by atoms with Gasteiger partial charge >= 0.3 is 0 Å². The van der Waals surface area contributed by atoms with Gasteiger partial charge in [0.1, 0.15) is 0 Å². The predicted octanol–water partition coefficient (Wildman–Crippen LogP) is 6.61. The molecule has 100 valence electrons. The molecule has 0 spiro atoms. The number of hydrogen-bond donors (Lipinski definition) is 0. The van der Waals surface area contributed by atoms with Crippen molar-refractivity contribution >= 4 is 49.3 Å². The molecule has 0 aliphatic heterocycles. The topological polar surface area (TPSA) is 0 Å². The summed E-state index contributed by atoms with van der Waals surface area (Å²) >= 11 is 9.01. The fourth-order valence-electron chi connectivity index (χ4n) is 1.78. The molecule has 0 aliphatic carbocycles. The first-order chi connectivity index (χ1) is 9.11. The van der Waals surface area contributed by atoms with E-state index in [2.05, 4.69) is 82.1 Å². The molecule has 3 heteroatoms. The van der Waals surface area contributed by atoms with Crippen LogP contribution in [0.3, 0.4) is 0 Å². The van der Waals surface area contributed by atoms with Crippen molar-refractivity contribution in [3.8, 4) is 10.4 Å². The first-order valence-corrected chi connectivity index (χ1v) is 8.96. The molecular formula is C16H16Br2S. The molecule has 0 nitrogen and oxygen atoms in total. The van der Waals surface area contributed by atoms with Crippen LogP contribution in [-0.4, -0.2) is 5.33 Å². The van der Waals surface area contributed by atoms with E-state index >= 15 is 0 Å². The van der Waals surface area contributed by atoms with E-state index in [1.807, 2.05) is 17.4 Å². The van der Waals surface area contributed by atoms with Crippen LogP contribution in [0.4, 0.5) is 0 Å². The van der Waals surface area contributed by atoms with Crippen LogP contribution in [0.2, 0.25) is 0 Å². The van der Waals surface area contributed by atoms with Gasteiger partial charge in [-0.05, 0) is 30.2 Å². The van der Waals surface area contributed by atoms with Crippen LogP contribution in [0.15, 0.2) is 46.4 Å². The number of rotatable bonds is 4. The lowest BCUT2D eigenvalue weighted by Gasteiger charge is -2.06. The average Bonchev–Trinajstić information content (AvgIpc) is 2.84. The second-order valence-corrected chi connectivity index (χ2v) is 7.22. The van der Waals surface area contributed by atoms with Crippen LogP contribution in [0.1, 0.15) is 18.7 Å². The quantitative estimate of drug-likeness (QED) is 0.507. The summed E-state index contributed by atoms with van der Waals surface area (Å²) in [7, 11) is 0. The lowest BCUT2D eigenvalue weighted by Crippen LogP contribution is -1.93. The van der Waals surface area contributed by atoms with Crippen molar-refractivity contribution in [2.24, 2.45) is 5.92 Å². The molecule has 0 saturated heterocycles. The van der Waals surface area contributed by atoms with Gasteiger partial charge in [0, 0.05) is 25.1 Å². The van der Waals surface area contributed by atoms with Gasteiger partial charge in [-0.1, -0.05) is 69.5 Å². The summed E-state index contributed by atoms with van der Waals surface area (Å²) in [6, 6.07) is 12.8. The third kappa shape index (κ3) is 3.80. The molecule has 0 amide bonds. The summed E-state index contributed by atoms with van der Waals surface area (Å²) in [5, 5.41) is 0.937. The molecule has 0 N–H and O–H groups in total. The molecule has 0 unspecified atom stereocenters. The Bertz CT molecular complexity index is 582. The lowest BCUT2D eigenvalue weighted by molar-refractivity contribution is 0.781. The largest absolute Gasteiger partial charge is 0.136 e. The molecule has 0 fully saturated rings. The van der Waals surface area contributed by atoms with Gasteiger partial charge in [-0.15, -0.1) is 11.3 Å². The molecule has 0 atom stereocenters. The molecule has 2 aromatic rings. The Labute approximate surface area is 135 Å². The normalized spacial score (nSPS) is 12.2. The van der Waals surface area contributed by atoms with Crippen molar-refractivity contribution in [1.82, 2.24) is 0 Å². The van der Waals surface area contributed by atoms with Gasteiger partial charge in [0.2, 0.25) is 0 Å². The van der Waals surface area contributed by atoms with Gasteiger partial charge in [0.15, 0.2) is 0 Å². The molecule has 0 bridgehead atoms. The van der Waals surface area contributed by atoms with E-state index in [0.29, 0.717) is 5.92 Å². The summed E-state index contributed by atoms with van der Waals surface area (Å²) in [5.74, 6) is 0.577. The Kier molecular flexibility index (Phi) is 5.43. The number of hydrogen-bond acceptors (Lipinski definition) is 1. The van der Waals surface area contributed by atoms with E-state index in [9.17, 15) is 0 Å². The minimum Gasteiger partial charge on any atom is -0.136 e. The zero-order chi connectivity index (χ0) is 13.8. The third-order valence-electron chi connectivity index (χ3n) is 2.99. The predicted molar refractivity (Wildman–Crippen MR) is 94.1 cm³/mol. The van der Waals surface area contributed by atoms with E-state index < -0.39 is 0 Å². The summed E-state index contributed by atoms with van der Waals surface area (Å²) in [5.41, 5.74) is 2.69. The van der Waals surface area contributed by atoms with Crippen LogP contribution in [0, 0.1) is 5.92 Å². The highest BCUT2D eigenvalue weighted by atomic mass is 79.9. The van der Waals surface area contributed by atoms with E-state index in [0.717, 1.165) is 9.80 Å². The molecule has 2 rings (SSSR count). The lowest BCUT2D eigenvalue weighted by atomic mass is 10.0. The Morgan fingerprint density at radius 3 is 2.58 bits per heavy atom. The second-order valence-electron chi connectivity index (χ2n) is 4.69. The van der Waals surface area contributed by atoms with Crippen LogP contribution in [-0.2, 0) is 0 Å². The molecule has 19 heavy (non-hydrogen) atoms. The maximum Gasteiger partial charge on any atom is 0.0360 e. The minimum atomic E-state index is 0.577. The average molecular weight is 400 g/mol. The number of thiophene rings is 1. The van der Waals surface area contributed by atoms with Crippen molar-refractivity contribution in [1.29, 1.82) is 0 Å². The van der Waals surface area contributed by atoms with Crippen molar-refractivity contribution in [2.45, 2.75) is 13.8 Å². The summed E-state index contributed by atoms with van der Waals surface area (Å²) in [6.45, 7) is 4.46. The van der Waals surface area contributed by atoms with Gasteiger partial charge in [0.05, 0.1) is 0 Å². The van der Waals surface area contributed by atoms with Crippen LogP contribution in [0.5, 0.6) is 0 Å². The fourth-order valence-corrected chi connectivity index (χ4v) is 4.24. The fraction of sp³-hybridized carbons (Fsp3) is 0.250. The van der Waals surface area contributed by atoms with Crippen LogP contribution < -0.4 is 0 Å². The minimum absolute atomic E-state index is 0.577. The summed E-state index contributed by atoms with van der Waals surface area (Å²) in [4.78, 5) is 2.62. The number of allylic oxidation sites excluding steroid dienone is 1. The molecule has 0 radical (unpaired) electrons. The number of benzene rings is 1. The number of alkyl halides is 1. The monoisotopic (exact) mass is 398 g/mol.